The van der Waals surface area contributed by atoms with E-state index in [2.05, 4.69) is 5.32 Å². The SMILES string of the molecule is CNCc1cccc(Cl)c1Oc1cccc(C)c1F. The van der Waals surface area contributed by atoms with Crippen LogP contribution in [0.3, 0.4) is 0 Å². The Hall–Kier alpha value is -1.58. The van der Waals surface area contributed by atoms with E-state index in [1.54, 1.807) is 31.2 Å². The van der Waals surface area contributed by atoms with Crippen molar-refractivity contribution in [1.82, 2.24) is 5.32 Å². The van der Waals surface area contributed by atoms with Crippen molar-refractivity contribution in [1.29, 1.82) is 0 Å². The summed E-state index contributed by atoms with van der Waals surface area (Å²) in [6.45, 7) is 2.30. The first-order valence-corrected chi connectivity index (χ1v) is 6.36. The Kier molecular flexibility index (Phi) is 4.40. The highest BCUT2D eigenvalue weighted by Crippen LogP contribution is 2.34. The molecule has 1 N–H and O–H groups in total. The number of halogens is 2. The Balaban J connectivity index is 2.40. The van der Waals surface area contributed by atoms with Gasteiger partial charge in [0.25, 0.3) is 0 Å². The third-order valence-corrected chi connectivity index (χ3v) is 3.08. The van der Waals surface area contributed by atoms with Gasteiger partial charge in [0, 0.05) is 12.1 Å². The molecule has 0 aliphatic rings. The first-order valence-electron chi connectivity index (χ1n) is 5.98. The molecule has 0 saturated carbocycles. The molecule has 2 rings (SSSR count). The van der Waals surface area contributed by atoms with E-state index in [-0.39, 0.29) is 11.6 Å². The lowest BCUT2D eigenvalue weighted by Crippen LogP contribution is -2.06. The van der Waals surface area contributed by atoms with Crippen LogP contribution >= 0.6 is 11.6 Å². The Morgan fingerprint density at radius 2 is 1.95 bits per heavy atom. The molecule has 0 radical (unpaired) electrons. The van der Waals surface area contributed by atoms with Gasteiger partial charge >= 0.3 is 0 Å². The summed E-state index contributed by atoms with van der Waals surface area (Å²) in [4.78, 5) is 0. The van der Waals surface area contributed by atoms with Gasteiger partial charge in [-0.1, -0.05) is 35.9 Å². The molecule has 19 heavy (non-hydrogen) atoms. The molecule has 0 bridgehead atoms. The summed E-state index contributed by atoms with van der Waals surface area (Å²) in [5, 5.41) is 3.50. The Morgan fingerprint density at radius 1 is 1.21 bits per heavy atom. The first-order chi connectivity index (χ1) is 9.13. The van der Waals surface area contributed by atoms with Crippen molar-refractivity contribution in [3.05, 3.63) is 58.4 Å². The van der Waals surface area contributed by atoms with E-state index < -0.39 is 0 Å². The Labute approximate surface area is 117 Å². The van der Waals surface area contributed by atoms with Gasteiger partial charge in [0.1, 0.15) is 0 Å². The number of ether oxygens (including phenoxy) is 1. The highest BCUT2D eigenvalue weighted by Gasteiger charge is 2.12. The molecule has 100 valence electrons. The second-order valence-electron chi connectivity index (χ2n) is 4.25. The maximum absolute atomic E-state index is 14.0. The van der Waals surface area contributed by atoms with E-state index in [1.165, 1.54) is 0 Å². The topological polar surface area (TPSA) is 21.3 Å². The van der Waals surface area contributed by atoms with Crippen molar-refractivity contribution < 1.29 is 9.13 Å². The largest absolute Gasteiger partial charge is 0.452 e. The molecular formula is C15H15ClFNO. The van der Waals surface area contributed by atoms with Crippen molar-refractivity contribution in [3.8, 4) is 11.5 Å². The molecule has 0 aromatic heterocycles. The smallest absolute Gasteiger partial charge is 0.168 e. The lowest BCUT2D eigenvalue weighted by Gasteiger charge is -2.13. The molecule has 4 heteroatoms. The average Bonchev–Trinajstić information content (AvgIpc) is 2.39. The summed E-state index contributed by atoms with van der Waals surface area (Å²) < 4.78 is 19.6. The second-order valence-corrected chi connectivity index (χ2v) is 4.65. The molecule has 2 nitrogen and oxygen atoms in total. The van der Waals surface area contributed by atoms with Crippen LogP contribution in [0.4, 0.5) is 4.39 Å². The van der Waals surface area contributed by atoms with Crippen molar-refractivity contribution in [2.45, 2.75) is 13.5 Å². The highest BCUT2D eigenvalue weighted by molar-refractivity contribution is 6.32. The second kappa shape index (κ2) is 6.04. The summed E-state index contributed by atoms with van der Waals surface area (Å²) >= 11 is 6.13. The molecule has 0 unspecified atom stereocenters. The fourth-order valence-corrected chi connectivity index (χ4v) is 2.04. The first kappa shape index (κ1) is 13.8. The van der Waals surface area contributed by atoms with Gasteiger partial charge in [-0.2, -0.15) is 0 Å². The van der Waals surface area contributed by atoms with Crippen LogP contribution in [-0.4, -0.2) is 7.05 Å². The Bertz CT molecular complexity index is 586. The van der Waals surface area contributed by atoms with Gasteiger partial charge in [-0.3, -0.25) is 0 Å². The molecule has 0 fully saturated rings. The summed E-state index contributed by atoms with van der Waals surface area (Å²) in [6, 6.07) is 10.5. The molecule has 0 amide bonds. The quantitative estimate of drug-likeness (QED) is 0.901. The fourth-order valence-electron chi connectivity index (χ4n) is 1.81. The number of hydrogen-bond donors (Lipinski definition) is 1. The lowest BCUT2D eigenvalue weighted by atomic mass is 10.2. The molecule has 0 aliphatic carbocycles. The van der Waals surface area contributed by atoms with E-state index in [4.69, 9.17) is 16.3 Å². The minimum atomic E-state index is -0.363. The minimum Gasteiger partial charge on any atom is -0.452 e. The van der Waals surface area contributed by atoms with E-state index in [0.29, 0.717) is 22.9 Å². The molecule has 0 atom stereocenters. The standard InChI is InChI=1S/C15H15ClFNO/c1-10-5-3-8-13(14(10)17)19-15-11(9-18-2)6-4-7-12(15)16/h3-8,18H,9H2,1-2H3. The molecular weight excluding hydrogens is 265 g/mol. The molecule has 2 aromatic carbocycles. The van der Waals surface area contributed by atoms with E-state index in [1.807, 2.05) is 19.2 Å². The van der Waals surface area contributed by atoms with Crippen molar-refractivity contribution >= 4 is 11.6 Å². The Morgan fingerprint density at radius 3 is 2.68 bits per heavy atom. The van der Waals surface area contributed by atoms with Gasteiger partial charge in [0.15, 0.2) is 17.3 Å². The third-order valence-electron chi connectivity index (χ3n) is 2.78. The van der Waals surface area contributed by atoms with Crippen LogP contribution in [0.2, 0.25) is 5.02 Å². The summed E-state index contributed by atoms with van der Waals surface area (Å²) in [5.74, 6) is 0.311. The lowest BCUT2D eigenvalue weighted by molar-refractivity contribution is 0.434. The minimum absolute atomic E-state index is 0.186. The van der Waals surface area contributed by atoms with Gasteiger partial charge in [-0.15, -0.1) is 0 Å². The number of nitrogens with one attached hydrogen (secondary N) is 1. The number of rotatable bonds is 4. The predicted octanol–water partition coefficient (Wildman–Crippen LogP) is 4.30. The van der Waals surface area contributed by atoms with E-state index in [0.717, 1.165) is 5.56 Å². The molecule has 0 aliphatic heterocycles. The van der Waals surface area contributed by atoms with Crippen molar-refractivity contribution in [2.24, 2.45) is 0 Å². The normalized spacial score (nSPS) is 10.5. The monoisotopic (exact) mass is 279 g/mol. The van der Waals surface area contributed by atoms with Crippen LogP contribution in [0, 0.1) is 12.7 Å². The van der Waals surface area contributed by atoms with Crippen LogP contribution in [0.25, 0.3) is 0 Å². The maximum Gasteiger partial charge on any atom is 0.168 e. The zero-order valence-electron chi connectivity index (χ0n) is 10.8. The summed E-state index contributed by atoms with van der Waals surface area (Å²) in [6.07, 6.45) is 0. The van der Waals surface area contributed by atoms with E-state index in [9.17, 15) is 4.39 Å². The van der Waals surface area contributed by atoms with Gasteiger partial charge in [0.05, 0.1) is 5.02 Å². The average molecular weight is 280 g/mol. The van der Waals surface area contributed by atoms with Crippen molar-refractivity contribution in [2.75, 3.05) is 7.05 Å². The van der Waals surface area contributed by atoms with Crippen LogP contribution in [0.5, 0.6) is 11.5 Å². The zero-order chi connectivity index (χ0) is 13.8. The molecule has 0 heterocycles. The molecule has 0 spiro atoms. The summed E-state index contributed by atoms with van der Waals surface area (Å²) in [7, 11) is 1.83. The zero-order valence-corrected chi connectivity index (χ0v) is 11.6. The fraction of sp³-hybridized carbons (Fsp3) is 0.200. The summed E-state index contributed by atoms with van der Waals surface area (Å²) in [5.41, 5.74) is 1.43. The predicted molar refractivity (Wildman–Crippen MR) is 75.4 cm³/mol. The number of para-hydroxylation sites is 1. The number of aryl methyl sites for hydroxylation is 1. The number of hydrogen-bond acceptors (Lipinski definition) is 2. The van der Waals surface area contributed by atoms with Crippen molar-refractivity contribution in [3.63, 3.8) is 0 Å². The van der Waals surface area contributed by atoms with Crippen LogP contribution in [0.1, 0.15) is 11.1 Å². The van der Waals surface area contributed by atoms with Gasteiger partial charge in [0.2, 0.25) is 0 Å². The van der Waals surface area contributed by atoms with E-state index >= 15 is 0 Å². The van der Waals surface area contributed by atoms with Crippen LogP contribution in [0.15, 0.2) is 36.4 Å². The maximum atomic E-state index is 14.0. The highest BCUT2D eigenvalue weighted by atomic mass is 35.5. The van der Waals surface area contributed by atoms with Gasteiger partial charge in [-0.05, 0) is 31.7 Å². The van der Waals surface area contributed by atoms with Crippen LogP contribution < -0.4 is 10.1 Å². The molecule has 2 aromatic rings. The third kappa shape index (κ3) is 3.06. The van der Waals surface area contributed by atoms with Gasteiger partial charge < -0.3 is 10.1 Å². The molecule has 0 saturated heterocycles. The van der Waals surface area contributed by atoms with Gasteiger partial charge in [-0.25, -0.2) is 4.39 Å². The number of benzene rings is 2. The van der Waals surface area contributed by atoms with Crippen LogP contribution in [-0.2, 0) is 6.54 Å².